The highest BCUT2D eigenvalue weighted by Crippen LogP contribution is 2.11. The molecule has 0 aromatic heterocycles. The van der Waals surface area contributed by atoms with Crippen LogP contribution < -0.4 is 11.5 Å². The fourth-order valence-electron chi connectivity index (χ4n) is 0.862. The summed E-state index contributed by atoms with van der Waals surface area (Å²) in [6, 6.07) is -0.732. The zero-order chi connectivity index (χ0) is 9.94. The third-order valence-electron chi connectivity index (χ3n) is 1.37. The van der Waals surface area contributed by atoms with Crippen molar-refractivity contribution in [2.45, 2.75) is 45.4 Å². The number of rotatable bonds is 3. The molecular weight excluding hydrogens is 156 g/mol. The lowest BCUT2D eigenvalue weighted by atomic mass is 10.1. The number of hydrogen-bond acceptors (Lipinski definition) is 3. The van der Waals surface area contributed by atoms with E-state index in [-0.39, 0.29) is 11.7 Å². The number of nitrogens with two attached hydrogens (primary N) is 2. The largest absolute Gasteiger partial charge is 0.371 e. The number of hydrogen-bond donors (Lipinski definition) is 2. The molecule has 2 atom stereocenters. The van der Waals surface area contributed by atoms with Crippen molar-refractivity contribution in [3.8, 4) is 0 Å². The maximum atomic E-state index is 10.6. The molecule has 0 rings (SSSR count). The van der Waals surface area contributed by atoms with Crippen molar-refractivity contribution < 1.29 is 9.53 Å². The second-order valence-corrected chi connectivity index (χ2v) is 3.86. The zero-order valence-corrected chi connectivity index (χ0v) is 8.13. The van der Waals surface area contributed by atoms with Gasteiger partial charge < -0.3 is 16.2 Å². The van der Waals surface area contributed by atoms with Gasteiger partial charge >= 0.3 is 0 Å². The van der Waals surface area contributed by atoms with E-state index in [1.165, 1.54) is 0 Å². The van der Waals surface area contributed by atoms with Crippen LogP contribution >= 0.6 is 0 Å². The molecule has 0 aromatic carbocycles. The van der Waals surface area contributed by atoms with E-state index in [0.717, 1.165) is 0 Å². The third kappa shape index (κ3) is 4.31. The molecule has 0 heterocycles. The summed E-state index contributed by atoms with van der Waals surface area (Å²) in [6.07, 6.45) is -0.345. The molecular formula is C8H18N2O2. The van der Waals surface area contributed by atoms with Gasteiger partial charge in [-0.05, 0) is 27.7 Å². The van der Waals surface area contributed by atoms with Crippen molar-refractivity contribution in [1.82, 2.24) is 0 Å². The minimum atomic E-state index is -0.732. The molecule has 0 aliphatic carbocycles. The van der Waals surface area contributed by atoms with Crippen LogP contribution in [0.15, 0.2) is 0 Å². The summed E-state index contributed by atoms with van der Waals surface area (Å²) >= 11 is 0. The summed E-state index contributed by atoms with van der Waals surface area (Å²) in [5, 5.41) is 0. The minimum Gasteiger partial charge on any atom is -0.371 e. The Hall–Kier alpha value is -0.610. The van der Waals surface area contributed by atoms with Crippen LogP contribution in [0.4, 0.5) is 0 Å². The van der Waals surface area contributed by atoms with Crippen LogP contribution in [0.2, 0.25) is 0 Å². The van der Waals surface area contributed by atoms with Gasteiger partial charge in [-0.15, -0.1) is 0 Å². The molecule has 4 N–H and O–H groups in total. The summed E-state index contributed by atoms with van der Waals surface area (Å²) in [4.78, 5) is 10.6. The van der Waals surface area contributed by atoms with E-state index in [9.17, 15) is 4.79 Å². The van der Waals surface area contributed by atoms with Gasteiger partial charge in [0, 0.05) is 0 Å². The number of carbonyl (C=O) groups excluding carboxylic acids is 1. The number of primary amides is 1. The van der Waals surface area contributed by atoms with Gasteiger partial charge in [-0.25, -0.2) is 0 Å². The average molecular weight is 174 g/mol. The zero-order valence-electron chi connectivity index (χ0n) is 8.13. The maximum Gasteiger partial charge on any atom is 0.237 e. The molecule has 0 aliphatic heterocycles. The van der Waals surface area contributed by atoms with E-state index < -0.39 is 11.9 Å². The van der Waals surface area contributed by atoms with E-state index in [1.807, 2.05) is 20.8 Å². The second-order valence-electron chi connectivity index (χ2n) is 3.86. The van der Waals surface area contributed by atoms with Crippen LogP contribution in [0.25, 0.3) is 0 Å². The molecule has 0 unspecified atom stereocenters. The molecule has 0 aromatic rings. The topological polar surface area (TPSA) is 78.3 Å². The average Bonchev–Trinajstić information content (AvgIpc) is 1.82. The van der Waals surface area contributed by atoms with E-state index >= 15 is 0 Å². The lowest BCUT2D eigenvalue weighted by Gasteiger charge is -2.27. The first-order chi connectivity index (χ1) is 5.24. The molecule has 0 saturated heterocycles. The third-order valence-corrected chi connectivity index (χ3v) is 1.37. The van der Waals surface area contributed by atoms with Crippen LogP contribution in [-0.4, -0.2) is 23.7 Å². The van der Waals surface area contributed by atoms with E-state index in [4.69, 9.17) is 16.2 Å². The molecule has 72 valence electrons. The normalized spacial score (nSPS) is 17.1. The molecule has 0 fully saturated rings. The Labute approximate surface area is 73.2 Å². The van der Waals surface area contributed by atoms with Crippen molar-refractivity contribution in [2.75, 3.05) is 0 Å². The molecule has 4 heteroatoms. The van der Waals surface area contributed by atoms with Crippen LogP contribution in [-0.2, 0) is 9.53 Å². The Morgan fingerprint density at radius 3 is 2.08 bits per heavy atom. The summed E-state index contributed by atoms with van der Waals surface area (Å²) in [5.74, 6) is -0.535. The van der Waals surface area contributed by atoms with Gasteiger partial charge in [-0.1, -0.05) is 0 Å². The van der Waals surface area contributed by atoms with Gasteiger partial charge in [0.25, 0.3) is 0 Å². The molecule has 4 nitrogen and oxygen atoms in total. The fraction of sp³-hybridized carbons (Fsp3) is 0.875. The van der Waals surface area contributed by atoms with Crippen molar-refractivity contribution >= 4 is 5.91 Å². The smallest absolute Gasteiger partial charge is 0.237 e. The summed E-state index contributed by atoms with van der Waals surface area (Å²) in [7, 11) is 0. The van der Waals surface area contributed by atoms with E-state index in [0.29, 0.717) is 0 Å². The molecule has 0 aliphatic rings. The lowest BCUT2D eigenvalue weighted by Crippen LogP contribution is -2.47. The first kappa shape index (κ1) is 11.4. The molecule has 0 spiro atoms. The first-order valence-electron chi connectivity index (χ1n) is 3.97. The maximum absolute atomic E-state index is 10.6. The van der Waals surface area contributed by atoms with Gasteiger partial charge in [0.2, 0.25) is 5.91 Å². The van der Waals surface area contributed by atoms with Crippen molar-refractivity contribution in [3.63, 3.8) is 0 Å². The van der Waals surface area contributed by atoms with E-state index in [1.54, 1.807) is 6.92 Å². The number of carbonyl (C=O) groups is 1. The summed E-state index contributed by atoms with van der Waals surface area (Å²) < 4.78 is 5.43. The Bertz CT molecular complexity index is 163. The minimum absolute atomic E-state index is 0.299. The molecule has 0 bridgehead atoms. The number of ether oxygens (including phenoxy) is 1. The first-order valence-corrected chi connectivity index (χ1v) is 3.97. The Morgan fingerprint density at radius 2 is 1.83 bits per heavy atom. The molecule has 1 amide bonds. The van der Waals surface area contributed by atoms with Crippen LogP contribution in [0.1, 0.15) is 27.7 Å². The van der Waals surface area contributed by atoms with Gasteiger partial charge in [0.1, 0.15) is 6.04 Å². The predicted octanol–water partition coefficient (Wildman–Crippen LogP) is 0.00260. The quantitative estimate of drug-likeness (QED) is 0.632. The van der Waals surface area contributed by atoms with Crippen molar-refractivity contribution in [1.29, 1.82) is 0 Å². The molecule has 0 radical (unpaired) electrons. The fourth-order valence-corrected chi connectivity index (χ4v) is 0.862. The van der Waals surface area contributed by atoms with Crippen molar-refractivity contribution in [2.24, 2.45) is 11.5 Å². The highest BCUT2D eigenvalue weighted by molar-refractivity contribution is 5.80. The summed E-state index contributed by atoms with van der Waals surface area (Å²) in [5.41, 5.74) is 10.2. The van der Waals surface area contributed by atoms with Crippen LogP contribution in [0.3, 0.4) is 0 Å². The van der Waals surface area contributed by atoms with Gasteiger partial charge in [0.05, 0.1) is 11.7 Å². The van der Waals surface area contributed by atoms with Crippen LogP contribution in [0.5, 0.6) is 0 Å². The highest BCUT2D eigenvalue weighted by atomic mass is 16.5. The summed E-state index contributed by atoms with van der Waals surface area (Å²) in [6.45, 7) is 7.44. The molecule has 12 heavy (non-hydrogen) atoms. The lowest BCUT2D eigenvalue weighted by molar-refractivity contribution is -0.126. The highest BCUT2D eigenvalue weighted by Gasteiger charge is 2.23. The standard InChI is InChI=1S/C8H18N2O2/c1-5(6(9)7(10)11)12-8(2,3)4/h5-6H,9H2,1-4H3,(H2,10,11)/t5-,6+/m1/s1. The molecule has 0 saturated carbocycles. The Kier molecular flexibility index (Phi) is 3.67. The Morgan fingerprint density at radius 1 is 1.42 bits per heavy atom. The second kappa shape index (κ2) is 3.87. The predicted molar refractivity (Wildman–Crippen MR) is 47.5 cm³/mol. The van der Waals surface area contributed by atoms with E-state index in [2.05, 4.69) is 0 Å². The Balaban J connectivity index is 4.04. The van der Waals surface area contributed by atoms with Crippen molar-refractivity contribution in [3.05, 3.63) is 0 Å². The van der Waals surface area contributed by atoms with Gasteiger partial charge in [-0.2, -0.15) is 0 Å². The SMILES string of the molecule is C[C@@H](OC(C)(C)C)[C@H](N)C(N)=O. The van der Waals surface area contributed by atoms with Crippen LogP contribution in [0, 0.1) is 0 Å². The monoisotopic (exact) mass is 174 g/mol. The number of amides is 1. The van der Waals surface area contributed by atoms with Gasteiger partial charge in [-0.3, -0.25) is 4.79 Å². The van der Waals surface area contributed by atoms with Gasteiger partial charge in [0.15, 0.2) is 0 Å².